The van der Waals surface area contributed by atoms with Crippen LogP contribution in [0.5, 0.6) is 0 Å². The summed E-state index contributed by atoms with van der Waals surface area (Å²) in [6.07, 6.45) is 6.59. The van der Waals surface area contributed by atoms with Gasteiger partial charge in [-0.3, -0.25) is 4.99 Å². The van der Waals surface area contributed by atoms with Gasteiger partial charge < -0.3 is 20.1 Å². The lowest BCUT2D eigenvalue weighted by Crippen LogP contribution is -2.47. The average molecular weight is 554 g/mol. The molecule has 2 aromatic rings. The summed E-state index contributed by atoms with van der Waals surface area (Å²) in [5.41, 5.74) is 2.82. The molecule has 2 heterocycles. The van der Waals surface area contributed by atoms with Crippen molar-refractivity contribution in [1.82, 2.24) is 25.4 Å². The van der Waals surface area contributed by atoms with Crippen LogP contribution in [0.2, 0.25) is 0 Å². The lowest BCUT2D eigenvalue weighted by atomic mass is 9.89. The third kappa shape index (κ3) is 6.41. The van der Waals surface area contributed by atoms with Crippen molar-refractivity contribution in [3.8, 4) is 0 Å². The third-order valence-corrected chi connectivity index (χ3v) is 5.99. The minimum atomic E-state index is 0. The van der Waals surface area contributed by atoms with Crippen molar-refractivity contribution in [2.75, 3.05) is 27.3 Å². The number of hydrogen-bond donors (Lipinski definition) is 2. The molecule has 0 fully saturated rings. The minimum Gasteiger partial charge on any atom is -0.377 e. The number of rotatable bonds is 8. The van der Waals surface area contributed by atoms with Crippen LogP contribution in [0.3, 0.4) is 0 Å². The van der Waals surface area contributed by atoms with Crippen LogP contribution >= 0.6 is 24.0 Å². The van der Waals surface area contributed by atoms with Gasteiger partial charge in [0.1, 0.15) is 12.4 Å². The number of aromatic nitrogens is 3. The van der Waals surface area contributed by atoms with Gasteiger partial charge in [0, 0.05) is 39.8 Å². The number of ether oxygens (including phenoxy) is 2. The number of guanidine groups is 1. The van der Waals surface area contributed by atoms with Crippen molar-refractivity contribution in [1.29, 1.82) is 0 Å². The highest BCUT2D eigenvalue weighted by atomic mass is 127. The molecule has 0 saturated carbocycles. The van der Waals surface area contributed by atoms with Gasteiger partial charge in [-0.1, -0.05) is 24.3 Å². The monoisotopic (exact) mass is 554 g/mol. The Bertz CT molecular complexity index is 887. The molecule has 176 valence electrons. The molecule has 2 aliphatic rings. The van der Waals surface area contributed by atoms with E-state index in [0.29, 0.717) is 6.61 Å². The van der Waals surface area contributed by atoms with Crippen LogP contribution in [0.1, 0.15) is 54.6 Å². The normalized spacial score (nSPS) is 20.1. The molecule has 2 atom stereocenters. The first-order chi connectivity index (χ1) is 15.3. The zero-order valence-corrected chi connectivity index (χ0v) is 21.4. The molecule has 0 bridgehead atoms. The zero-order chi connectivity index (χ0) is 21.5. The van der Waals surface area contributed by atoms with E-state index in [-0.39, 0.29) is 36.1 Å². The quantitative estimate of drug-likeness (QED) is 0.226. The smallest absolute Gasteiger partial charge is 0.191 e. The lowest BCUT2D eigenvalue weighted by Gasteiger charge is -2.26. The minimum absolute atomic E-state index is 0. The van der Waals surface area contributed by atoms with Crippen molar-refractivity contribution < 1.29 is 9.47 Å². The van der Waals surface area contributed by atoms with Gasteiger partial charge in [-0.05, 0) is 43.2 Å². The van der Waals surface area contributed by atoms with E-state index < -0.39 is 0 Å². The van der Waals surface area contributed by atoms with Gasteiger partial charge in [0.25, 0.3) is 0 Å². The number of aliphatic imine (C=N–C) groups is 1. The summed E-state index contributed by atoms with van der Waals surface area (Å²) < 4.78 is 13.3. The second kappa shape index (κ2) is 12.5. The fourth-order valence-electron chi connectivity index (χ4n) is 4.44. The molecular weight excluding hydrogens is 519 g/mol. The Labute approximate surface area is 207 Å². The molecule has 1 aromatic heterocycles. The van der Waals surface area contributed by atoms with Crippen molar-refractivity contribution in [2.45, 2.75) is 63.8 Å². The van der Waals surface area contributed by atoms with Crippen LogP contribution in [-0.2, 0) is 35.5 Å². The molecule has 2 unspecified atom stereocenters. The van der Waals surface area contributed by atoms with E-state index in [1.165, 1.54) is 24.0 Å². The fourth-order valence-corrected chi connectivity index (χ4v) is 4.44. The topological polar surface area (TPSA) is 85.6 Å². The molecule has 4 rings (SSSR count). The number of methoxy groups -OCH3 is 1. The van der Waals surface area contributed by atoms with Crippen LogP contribution in [0.15, 0.2) is 29.3 Å². The number of nitrogens with one attached hydrogen (secondary N) is 2. The van der Waals surface area contributed by atoms with Crippen LogP contribution in [0.4, 0.5) is 0 Å². The maximum atomic E-state index is 6.21. The molecule has 1 aliphatic carbocycles. The predicted octanol–water partition coefficient (Wildman–Crippen LogP) is 3.01. The Hall–Kier alpha value is -1.72. The highest BCUT2D eigenvalue weighted by Crippen LogP contribution is 2.32. The summed E-state index contributed by atoms with van der Waals surface area (Å²) in [7, 11) is 3.48. The van der Waals surface area contributed by atoms with E-state index >= 15 is 0 Å². The summed E-state index contributed by atoms with van der Waals surface area (Å²) in [6.45, 7) is 2.82. The van der Waals surface area contributed by atoms with E-state index in [1.54, 1.807) is 7.11 Å². The van der Waals surface area contributed by atoms with Crippen LogP contribution in [-0.4, -0.2) is 54.1 Å². The number of nitrogens with zero attached hydrogens (tertiary/aromatic N) is 4. The molecule has 8 nitrogen and oxygen atoms in total. The van der Waals surface area contributed by atoms with E-state index in [0.717, 1.165) is 63.0 Å². The summed E-state index contributed by atoms with van der Waals surface area (Å²) in [6, 6.07) is 8.97. The summed E-state index contributed by atoms with van der Waals surface area (Å²) >= 11 is 0. The highest BCUT2D eigenvalue weighted by molar-refractivity contribution is 14.0. The van der Waals surface area contributed by atoms with Gasteiger partial charge in [0.2, 0.25) is 0 Å². The van der Waals surface area contributed by atoms with Crippen molar-refractivity contribution in [2.24, 2.45) is 4.99 Å². The Morgan fingerprint density at radius 3 is 2.97 bits per heavy atom. The predicted molar refractivity (Wildman–Crippen MR) is 135 cm³/mol. The van der Waals surface area contributed by atoms with E-state index in [9.17, 15) is 0 Å². The van der Waals surface area contributed by atoms with E-state index in [2.05, 4.69) is 50.0 Å². The first kappa shape index (κ1) is 24.9. The Kier molecular flexibility index (Phi) is 9.73. The van der Waals surface area contributed by atoms with Crippen LogP contribution in [0.25, 0.3) is 0 Å². The van der Waals surface area contributed by atoms with Crippen molar-refractivity contribution >= 4 is 29.9 Å². The number of benzene rings is 1. The van der Waals surface area contributed by atoms with Gasteiger partial charge in [-0.2, -0.15) is 5.10 Å². The molecule has 2 N–H and O–H groups in total. The maximum absolute atomic E-state index is 6.21. The molecule has 0 radical (unpaired) electrons. The second-order valence-corrected chi connectivity index (χ2v) is 8.24. The number of halogens is 1. The summed E-state index contributed by atoms with van der Waals surface area (Å²) in [5.74, 6) is 2.62. The molecular formula is C23H35IN6O2. The highest BCUT2D eigenvalue weighted by Gasteiger charge is 2.22. The lowest BCUT2D eigenvalue weighted by molar-refractivity contribution is 0.0398. The third-order valence-electron chi connectivity index (χ3n) is 5.99. The Balaban J connectivity index is 0.00000289. The first-order valence-electron chi connectivity index (χ1n) is 11.3. The Morgan fingerprint density at radius 2 is 2.12 bits per heavy atom. The molecule has 0 saturated heterocycles. The summed E-state index contributed by atoms with van der Waals surface area (Å²) in [4.78, 5) is 8.91. The van der Waals surface area contributed by atoms with Crippen LogP contribution in [0, 0.1) is 0 Å². The zero-order valence-electron chi connectivity index (χ0n) is 19.0. The second-order valence-electron chi connectivity index (χ2n) is 8.24. The van der Waals surface area contributed by atoms with Crippen LogP contribution < -0.4 is 10.6 Å². The fraction of sp³-hybridized carbons (Fsp3) is 0.609. The standard InChI is InChI=1S/C23H34N6O2.HI/c1-24-23(26-18-11-12-22-27-21(16-30-2)28-29(22)15-18)25-13-6-14-31-20-10-5-8-17-7-3-4-9-19(17)20;/h3-4,7,9,18,20H,5-6,8,10-16H2,1-2H3,(H2,24,25,26);1H. The Morgan fingerprint density at radius 1 is 1.25 bits per heavy atom. The van der Waals surface area contributed by atoms with Crippen molar-refractivity contribution in [3.05, 3.63) is 47.0 Å². The molecule has 32 heavy (non-hydrogen) atoms. The SMILES string of the molecule is CN=C(NCCCOC1CCCc2ccccc21)NC1CCc2nc(COC)nn2C1.I. The van der Waals surface area contributed by atoms with E-state index in [4.69, 9.17) is 9.47 Å². The average Bonchev–Trinajstić information content (AvgIpc) is 3.20. The van der Waals surface area contributed by atoms with Gasteiger partial charge in [-0.25, -0.2) is 9.67 Å². The van der Waals surface area contributed by atoms with Crippen molar-refractivity contribution in [3.63, 3.8) is 0 Å². The maximum Gasteiger partial charge on any atom is 0.191 e. The number of fused-ring (bicyclic) bond motifs is 2. The number of hydrogen-bond acceptors (Lipinski definition) is 5. The largest absolute Gasteiger partial charge is 0.377 e. The van der Waals surface area contributed by atoms with Gasteiger partial charge in [0.15, 0.2) is 11.8 Å². The molecule has 1 aliphatic heterocycles. The van der Waals surface area contributed by atoms with E-state index in [1.807, 2.05) is 11.7 Å². The van der Waals surface area contributed by atoms with Gasteiger partial charge in [-0.15, -0.1) is 24.0 Å². The van der Waals surface area contributed by atoms with Gasteiger partial charge in [0.05, 0.1) is 12.6 Å². The molecule has 9 heteroatoms. The molecule has 1 aromatic carbocycles. The molecule has 0 amide bonds. The summed E-state index contributed by atoms with van der Waals surface area (Å²) in [5, 5.41) is 11.5. The van der Waals surface area contributed by atoms with Gasteiger partial charge >= 0.3 is 0 Å². The first-order valence-corrected chi connectivity index (χ1v) is 11.3. The number of aryl methyl sites for hydroxylation is 2. The molecule has 0 spiro atoms.